The first-order chi connectivity index (χ1) is 8.45. The number of rotatable bonds is 6. The second kappa shape index (κ2) is 6.78. The average molecular weight is 278 g/mol. The standard InChI is InChI=1S/C12H17F3N2S/c1-2-18-7-3-6-17-11-5-4-9(16)8-10(11)12(13,14)15/h4-5,8,17H,2-3,6-7,16H2,1H3. The van der Waals surface area contributed by atoms with E-state index in [2.05, 4.69) is 12.2 Å². The van der Waals surface area contributed by atoms with Gasteiger partial charge in [-0.2, -0.15) is 24.9 Å². The lowest BCUT2D eigenvalue weighted by molar-refractivity contribution is -0.136. The molecule has 0 amide bonds. The van der Waals surface area contributed by atoms with Crippen LogP contribution < -0.4 is 11.1 Å². The first-order valence-electron chi connectivity index (χ1n) is 5.73. The smallest absolute Gasteiger partial charge is 0.399 e. The summed E-state index contributed by atoms with van der Waals surface area (Å²) in [7, 11) is 0. The number of nitrogens with one attached hydrogen (secondary N) is 1. The van der Waals surface area contributed by atoms with E-state index >= 15 is 0 Å². The van der Waals surface area contributed by atoms with Gasteiger partial charge in [0.1, 0.15) is 0 Å². The SMILES string of the molecule is CCSCCCNc1ccc(N)cc1C(F)(F)F. The fraction of sp³-hybridized carbons (Fsp3) is 0.500. The summed E-state index contributed by atoms with van der Waals surface area (Å²) in [6, 6.07) is 3.81. The molecule has 0 saturated heterocycles. The molecule has 0 saturated carbocycles. The quantitative estimate of drug-likeness (QED) is 0.613. The highest BCUT2D eigenvalue weighted by Gasteiger charge is 2.33. The Labute approximate surface area is 109 Å². The fourth-order valence-electron chi connectivity index (χ4n) is 1.49. The van der Waals surface area contributed by atoms with E-state index in [-0.39, 0.29) is 11.4 Å². The molecule has 1 aromatic rings. The van der Waals surface area contributed by atoms with Crippen molar-refractivity contribution >= 4 is 23.1 Å². The molecule has 2 nitrogen and oxygen atoms in total. The summed E-state index contributed by atoms with van der Waals surface area (Å²) in [5.74, 6) is 1.97. The van der Waals surface area contributed by atoms with Crippen molar-refractivity contribution < 1.29 is 13.2 Å². The van der Waals surface area contributed by atoms with Gasteiger partial charge in [-0.15, -0.1) is 0 Å². The summed E-state index contributed by atoms with van der Waals surface area (Å²) in [5, 5.41) is 2.82. The number of halogens is 3. The molecule has 18 heavy (non-hydrogen) atoms. The Hall–Kier alpha value is -1.04. The van der Waals surface area contributed by atoms with Gasteiger partial charge in [0.05, 0.1) is 5.56 Å². The highest BCUT2D eigenvalue weighted by Crippen LogP contribution is 2.35. The van der Waals surface area contributed by atoms with Crippen molar-refractivity contribution in [1.82, 2.24) is 0 Å². The van der Waals surface area contributed by atoms with Gasteiger partial charge < -0.3 is 11.1 Å². The van der Waals surface area contributed by atoms with Gasteiger partial charge in [-0.1, -0.05) is 6.92 Å². The first-order valence-corrected chi connectivity index (χ1v) is 6.89. The van der Waals surface area contributed by atoms with Crippen molar-refractivity contribution in [3.8, 4) is 0 Å². The van der Waals surface area contributed by atoms with Crippen LogP contribution in [0.5, 0.6) is 0 Å². The monoisotopic (exact) mass is 278 g/mol. The lowest BCUT2D eigenvalue weighted by Crippen LogP contribution is -2.12. The van der Waals surface area contributed by atoms with Crippen LogP contribution >= 0.6 is 11.8 Å². The number of hydrogen-bond donors (Lipinski definition) is 2. The summed E-state index contributed by atoms with van der Waals surface area (Å²) in [4.78, 5) is 0. The van der Waals surface area contributed by atoms with Gasteiger partial charge in [-0.25, -0.2) is 0 Å². The number of hydrogen-bond acceptors (Lipinski definition) is 3. The Bertz CT molecular complexity index is 380. The fourth-order valence-corrected chi connectivity index (χ4v) is 2.13. The molecular weight excluding hydrogens is 261 g/mol. The Kier molecular flexibility index (Phi) is 5.65. The maximum Gasteiger partial charge on any atom is 0.418 e. The molecule has 0 aliphatic rings. The number of nitrogen functional groups attached to an aromatic ring is 1. The van der Waals surface area contributed by atoms with Crippen molar-refractivity contribution in [3.63, 3.8) is 0 Å². The molecule has 0 aromatic heterocycles. The van der Waals surface area contributed by atoms with Crippen molar-refractivity contribution in [2.45, 2.75) is 19.5 Å². The van der Waals surface area contributed by atoms with E-state index in [1.807, 2.05) is 0 Å². The molecule has 0 bridgehead atoms. The number of thioether (sulfide) groups is 1. The van der Waals surface area contributed by atoms with Gasteiger partial charge in [-0.05, 0) is 36.1 Å². The molecule has 0 atom stereocenters. The number of alkyl halides is 3. The molecule has 6 heteroatoms. The average Bonchev–Trinajstić information content (AvgIpc) is 2.29. The minimum Gasteiger partial charge on any atom is -0.399 e. The molecule has 0 unspecified atom stereocenters. The van der Waals surface area contributed by atoms with Crippen molar-refractivity contribution in [3.05, 3.63) is 23.8 Å². The Morgan fingerprint density at radius 1 is 1.33 bits per heavy atom. The van der Waals surface area contributed by atoms with Crippen LogP contribution in [0.2, 0.25) is 0 Å². The first kappa shape index (κ1) is 15.0. The van der Waals surface area contributed by atoms with Crippen molar-refractivity contribution in [2.75, 3.05) is 29.1 Å². The second-order valence-electron chi connectivity index (χ2n) is 3.78. The molecule has 0 fully saturated rings. The maximum absolute atomic E-state index is 12.8. The molecule has 0 heterocycles. The van der Waals surface area contributed by atoms with Gasteiger partial charge in [-0.3, -0.25) is 0 Å². The van der Waals surface area contributed by atoms with E-state index in [1.165, 1.54) is 12.1 Å². The molecule has 0 spiro atoms. The Morgan fingerprint density at radius 3 is 2.67 bits per heavy atom. The van der Waals surface area contributed by atoms with Gasteiger partial charge >= 0.3 is 6.18 Å². The zero-order chi connectivity index (χ0) is 13.6. The van der Waals surface area contributed by atoms with Crippen molar-refractivity contribution in [2.24, 2.45) is 0 Å². The van der Waals surface area contributed by atoms with E-state index in [0.717, 1.165) is 24.0 Å². The summed E-state index contributed by atoms with van der Waals surface area (Å²) >= 11 is 1.77. The normalized spacial score (nSPS) is 11.6. The van der Waals surface area contributed by atoms with Crippen LogP contribution in [-0.2, 0) is 6.18 Å². The minimum absolute atomic E-state index is 0.0956. The number of benzene rings is 1. The molecule has 102 valence electrons. The van der Waals surface area contributed by atoms with Crippen LogP contribution in [0.3, 0.4) is 0 Å². The van der Waals surface area contributed by atoms with Crippen LogP contribution in [0.4, 0.5) is 24.5 Å². The van der Waals surface area contributed by atoms with Gasteiger partial charge in [0.25, 0.3) is 0 Å². The van der Waals surface area contributed by atoms with Gasteiger partial charge in [0.2, 0.25) is 0 Å². The van der Waals surface area contributed by atoms with Crippen molar-refractivity contribution in [1.29, 1.82) is 0 Å². The summed E-state index contributed by atoms with van der Waals surface area (Å²) < 4.78 is 38.3. The van der Waals surface area contributed by atoms with Crippen LogP contribution in [-0.4, -0.2) is 18.1 Å². The molecule has 1 aromatic carbocycles. The predicted octanol–water partition coefficient (Wildman–Crippen LogP) is 3.84. The van der Waals surface area contributed by atoms with Crippen LogP contribution in [0.15, 0.2) is 18.2 Å². The van der Waals surface area contributed by atoms with E-state index in [4.69, 9.17) is 5.73 Å². The number of nitrogens with two attached hydrogens (primary N) is 1. The largest absolute Gasteiger partial charge is 0.418 e. The molecule has 0 aliphatic heterocycles. The minimum atomic E-state index is -4.38. The zero-order valence-corrected chi connectivity index (χ0v) is 11.0. The topological polar surface area (TPSA) is 38.0 Å². The third-order valence-corrected chi connectivity index (χ3v) is 3.32. The molecule has 3 N–H and O–H groups in total. The van der Waals surface area contributed by atoms with E-state index in [0.29, 0.717) is 6.54 Å². The summed E-state index contributed by atoms with van der Waals surface area (Å²) in [6.07, 6.45) is -3.55. The lowest BCUT2D eigenvalue weighted by atomic mass is 10.1. The highest BCUT2D eigenvalue weighted by molar-refractivity contribution is 7.99. The van der Waals surface area contributed by atoms with Crippen LogP contribution in [0.25, 0.3) is 0 Å². The molecule has 0 radical (unpaired) electrons. The van der Waals surface area contributed by atoms with E-state index in [1.54, 1.807) is 11.8 Å². The second-order valence-corrected chi connectivity index (χ2v) is 5.17. The van der Waals surface area contributed by atoms with Gasteiger partial charge in [0.15, 0.2) is 0 Å². The Morgan fingerprint density at radius 2 is 2.06 bits per heavy atom. The lowest BCUT2D eigenvalue weighted by Gasteiger charge is -2.15. The Balaban J connectivity index is 2.65. The molecular formula is C12H17F3N2S. The predicted molar refractivity (Wildman–Crippen MR) is 72.0 cm³/mol. The van der Waals surface area contributed by atoms with Crippen LogP contribution in [0.1, 0.15) is 18.9 Å². The van der Waals surface area contributed by atoms with Crippen LogP contribution in [0, 0.1) is 0 Å². The molecule has 0 aliphatic carbocycles. The molecule has 1 rings (SSSR count). The summed E-state index contributed by atoms with van der Waals surface area (Å²) in [5.41, 5.74) is 4.90. The maximum atomic E-state index is 12.8. The van der Waals surface area contributed by atoms with E-state index in [9.17, 15) is 13.2 Å². The number of anilines is 2. The zero-order valence-electron chi connectivity index (χ0n) is 10.2. The highest BCUT2D eigenvalue weighted by atomic mass is 32.2. The third kappa shape index (κ3) is 4.68. The van der Waals surface area contributed by atoms with E-state index < -0.39 is 11.7 Å². The van der Waals surface area contributed by atoms with Gasteiger partial charge in [0, 0.05) is 17.9 Å². The summed E-state index contributed by atoms with van der Waals surface area (Å²) in [6.45, 7) is 2.58. The third-order valence-electron chi connectivity index (χ3n) is 2.33.